The molecular formula is C18H24N4O2. The molecule has 1 aliphatic carbocycles. The number of carbonyl (C=O) groups excluding carboxylic acids is 1. The predicted octanol–water partition coefficient (Wildman–Crippen LogP) is 1.56. The standard InChI is InChI=1S/C18H24N4O2/c19-18(9-5-1-2-6-10-18)12-20-16(23)11-22-13-21-15-8-4-3-7-14(15)17(22)24/h3-4,7-8,13H,1-2,5-6,9-12,19H2,(H,20,23). The molecule has 1 saturated carbocycles. The molecule has 0 unspecified atom stereocenters. The first-order chi connectivity index (χ1) is 11.6. The van der Waals surface area contributed by atoms with Crippen LogP contribution in [0, 0.1) is 0 Å². The molecule has 3 rings (SSSR count). The SMILES string of the molecule is NC1(CNC(=O)Cn2cnc3ccccc3c2=O)CCCCCC1. The zero-order valence-corrected chi connectivity index (χ0v) is 13.8. The van der Waals surface area contributed by atoms with Crippen molar-refractivity contribution in [2.75, 3.05) is 6.54 Å². The Bertz CT molecular complexity index is 776. The van der Waals surface area contributed by atoms with Crippen molar-refractivity contribution in [1.29, 1.82) is 0 Å². The van der Waals surface area contributed by atoms with Crippen LogP contribution in [-0.4, -0.2) is 27.5 Å². The Labute approximate surface area is 141 Å². The van der Waals surface area contributed by atoms with Gasteiger partial charge in [-0.05, 0) is 25.0 Å². The summed E-state index contributed by atoms with van der Waals surface area (Å²) in [6.07, 6.45) is 7.95. The van der Waals surface area contributed by atoms with E-state index >= 15 is 0 Å². The van der Waals surface area contributed by atoms with Gasteiger partial charge in [0.1, 0.15) is 6.54 Å². The van der Waals surface area contributed by atoms with Crippen LogP contribution in [0.5, 0.6) is 0 Å². The van der Waals surface area contributed by atoms with Crippen molar-refractivity contribution in [3.05, 3.63) is 40.9 Å². The van der Waals surface area contributed by atoms with Gasteiger partial charge in [-0.15, -0.1) is 0 Å². The second kappa shape index (κ2) is 7.13. The zero-order chi connectivity index (χ0) is 17.0. The molecule has 3 N–H and O–H groups in total. The maximum Gasteiger partial charge on any atom is 0.261 e. The summed E-state index contributed by atoms with van der Waals surface area (Å²) in [5.74, 6) is -0.205. The Morgan fingerprint density at radius 3 is 2.67 bits per heavy atom. The lowest BCUT2D eigenvalue weighted by Crippen LogP contribution is -2.50. The number of rotatable bonds is 4. The lowest BCUT2D eigenvalue weighted by atomic mass is 9.91. The highest BCUT2D eigenvalue weighted by molar-refractivity contribution is 5.78. The summed E-state index contributed by atoms with van der Waals surface area (Å²) in [6, 6.07) is 7.13. The average Bonchev–Trinajstić information content (AvgIpc) is 2.81. The maximum absolute atomic E-state index is 12.4. The van der Waals surface area contributed by atoms with Gasteiger partial charge in [0.05, 0.1) is 17.2 Å². The first-order valence-corrected chi connectivity index (χ1v) is 8.57. The van der Waals surface area contributed by atoms with E-state index in [0.29, 0.717) is 17.4 Å². The van der Waals surface area contributed by atoms with E-state index in [1.807, 2.05) is 6.07 Å². The second-order valence-electron chi connectivity index (χ2n) is 6.75. The van der Waals surface area contributed by atoms with Gasteiger partial charge in [-0.3, -0.25) is 14.2 Å². The molecule has 0 bridgehead atoms. The van der Waals surface area contributed by atoms with E-state index in [2.05, 4.69) is 10.3 Å². The Kier molecular flexibility index (Phi) is 4.94. The van der Waals surface area contributed by atoms with Gasteiger partial charge in [0.25, 0.3) is 5.56 Å². The lowest BCUT2D eigenvalue weighted by molar-refractivity contribution is -0.122. The van der Waals surface area contributed by atoms with Crippen LogP contribution >= 0.6 is 0 Å². The third-order valence-electron chi connectivity index (χ3n) is 4.78. The molecule has 6 heteroatoms. The van der Waals surface area contributed by atoms with Gasteiger partial charge in [0.2, 0.25) is 5.91 Å². The number of nitrogens with zero attached hydrogens (tertiary/aromatic N) is 2. The molecule has 1 fully saturated rings. The van der Waals surface area contributed by atoms with Crippen molar-refractivity contribution < 1.29 is 4.79 Å². The number of benzene rings is 1. The average molecular weight is 328 g/mol. The van der Waals surface area contributed by atoms with Crippen molar-refractivity contribution in [2.45, 2.75) is 50.6 Å². The van der Waals surface area contributed by atoms with Gasteiger partial charge in [0, 0.05) is 12.1 Å². The molecule has 0 spiro atoms. The third kappa shape index (κ3) is 3.82. The van der Waals surface area contributed by atoms with Crippen LogP contribution in [-0.2, 0) is 11.3 Å². The van der Waals surface area contributed by atoms with E-state index in [0.717, 1.165) is 25.7 Å². The molecule has 1 aliphatic rings. The van der Waals surface area contributed by atoms with Crippen LogP contribution in [0.1, 0.15) is 38.5 Å². The van der Waals surface area contributed by atoms with Gasteiger partial charge in [-0.25, -0.2) is 4.98 Å². The minimum Gasteiger partial charge on any atom is -0.353 e. The Morgan fingerprint density at radius 2 is 1.92 bits per heavy atom. The quantitative estimate of drug-likeness (QED) is 0.834. The Hall–Kier alpha value is -2.21. The molecule has 1 aromatic carbocycles. The summed E-state index contributed by atoms with van der Waals surface area (Å²) in [7, 11) is 0. The number of aromatic nitrogens is 2. The predicted molar refractivity (Wildman–Crippen MR) is 93.6 cm³/mol. The minimum absolute atomic E-state index is 0.0350. The first kappa shape index (κ1) is 16.6. The number of hydrogen-bond donors (Lipinski definition) is 2. The van der Waals surface area contributed by atoms with Crippen LogP contribution in [0.25, 0.3) is 10.9 Å². The molecule has 1 amide bonds. The molecule has 1 aromatic heterocycles. The molecule has 24 heavy (non-hydrogen) atoms. The van der Waals surface area contributed by atoms with E-state index < -0.39 is 0 Å². The normalized spacial score (nSPS) is 17.4. The van der Waals surface area contributed by atoms with Gasteiger partial charge in [-0.2, -0.15) is 0 Å². The van der Waals surface area contributed by atoms with Crippen LogP contribution in [0.15, 0.2) is 35.4 Å². The second-order valence-corrected chi connectivity index (χ2v) is 6.75. The van der Waals surface area contributed by atoms with Gasteiger partial charge >= 0.3 is 0 Å². The highest BCUT2D eigenvalue weighted by atomic mass is 16.2. The van der Waals surface area contributed by atoms with Crippen LogP contribution in [0.3, 0.4) is 0 Å². The number of nitrogens with two attached hydrogens (primary N) is 1. The zero-order valence-electron chi connectivity index (χ0n) is 13.8. The number of hydrogen-bond acceptors (Lipinski definition) is 4. The first-order valence-electron chi connectivity index (χ1n) is 8.57. The summed E-state index contributed by atoms with van der Waals surface area (Å²) in [5.41, 5.74) is 6.53. The number of fused-ring (bicyclic) bond motifs is 1. The minimum atomic E-state index is -0.321. The van der Waals surface area contributed by atoms with E-state index in [9.17, 15) is 9.59 Å². The topological polar surface area (TPSA) is 90.0 Å². The fourth-order valence-corrected chi connectivity index (χ4v) is 3.31. The van der Waals surface area contributed by atoms with Crippen LogP contribution < -0.4 is 16.6 Å². The van der Waals surface area contributed by atoms with Gasteiger partial charge in [0.15, 0.2) is 0 Å². The number of para-hydroxylation sites is 1. The van der Waals surface area contributed by atoms with Gasteiger partial charge in [-0.1, -0.05) is 37.8 Å². The van der Waals surface area contributed by atoms with Crippen molar-refractivity contribution in [3.8, 4) is 0 Å². The maximum atomic E-state index is 12.4. The van der Waals surface area contributed by atoms with Crippen LogP contribution in [0.2, 0.25) is 0 Å². The molecule has 2 aromatic rings. The third-order valence-corrected chi connectivity index (χ3v) is 4.78. The van der Waals surface area contributed by atoms with Crippen molar-refractivity contribution in [2.24, 2.45) is 5.73 Å². The molecular weight excluding hydrogens is 304 g/mol. The fourth-order valence-electron chi connectivity index (χ4n) is 3.31. The summed E-state index contributed by atoms with van der Waals surface area (Å²) in [6.45, 7) is 0.425. The largest absolute Gasteiger partial charge is 0.353 e. The lowest BCUT2D eigenvalue weighted by Gasteiger charge is -2.28. The number of amides is 1. The smallest absolute Gasteiger partial charge is 0.261 e. The van der Waals surface area contributed by atoms with Crippen molar-refractivity contribution >= 4 is 16.8 Å². The molecule has 1 heterocycles. The highest BCUT2D eigenvalue weighted by Gasteiger charge is 2.26. The molecule has 6 nitrogen and oxygen atoms in total. The van der Waals surface area contributed by atoms with Crippen molar-refractivity contribution in [3.63, 3.8) is 0 Å². The Morgan fingerprint density at radius 1 is 1.21 bits per heavy atom. The number of carbonyl (C=O) groups is 1. The Balaban J connectivity index is 1.65. The van der Waals surface area contributed by atoms with E-state index in [4.69, 9.17) is 5.73 Å². The van der Waals surface area contributed by atoms with E-state index in [-0.39, 0.29) is 23.6 Å². The summed E-state index contributed by atoms with van der Waals surface area (Å²) < 4.78 is 1.34. The number of nitrogens with one attached hydrogen (secondary N) is 1. The summed E-state index contributed by atoms with van der Waals surface area (Å²) in [4.78, 5) is 28.8. The summed E-state index contributed by atoms with van der Waals surface area (Å²) in [5, 5.41) is 3.41. The fraction of sp³-hybridized carbons (Fsp3) is 0.500. The van der Waals surface area contributed by atoms with E-state index in [1.54, 1.807) is 18.2 Å². The molecule has 0 aliphatic heterocycles. The molecule has 0 radical (unpaired) electrons. The molecule has 128 valence electrons. The van der Waals surface area contributed by atoms with Crippen LogP contribution in [0.4, 0.5) is 0 Å². The summed E-state index contributed by atoms with van der Waals surface area (Å²) >= 11 is 0. The molecule has 0 saturated heterocycles. The van der Waals surface area contributed by atoms with E-state index in [1.165, 1.54) is 23.7 Å². The monoisotopic (exact) mass is 328 g/mol. The van der Waals surface area contributed by atoms with Crippen molar-refractivity contribution in [1.82, 2.24) is 14.9 Å². The van der Waals surface area contributed by atoms with Gasteiger partial charge < -0.3 is 11.1 Å². The molecule has 0 atom stereocenters. The highest BCUT2D eigenvalue weighted by Crippen LogP contribution is 2.24.